The highest BCUT2D eigenvalue weighted by Gasteiger charge is 2.17. The molecule has 0 unspecified atom stereocenters. The number of fused-ring (bicyclic) bond motifs is 1. The van der Waals surface area contributed by atoms with Gasteiger partial charge in [0.05, 0.1) is 19.2 Å². The Morgan fingerprint density at radius 2 is 1.85 bits per heavy atom. The summed E-state index contributed by atoms with van der Waals surface area (Å²) in [6, 6.07) is 3.80. The molecule has 0 atom stereocenters. The highest BCUT2D eigenvalue weighted by atomic mass is 35.5. The Labute approximate surface area is 124 Å². The van der Waals surface area contributed by atoms with Crippen molar-refractivity contribution in [3.8, 4) is 11.5 Å². The summed E-state index contributed by atoms with van der Waals surface area (Å²) in [5, 5.41) is 4.72. The molecule has 1 aromatic carbocycles. The predicted molar refractivity (Wildman–Crippen MR) is 83.4 cm³/mol. The van der Waals surface area contributed by atoms with Crippen LogP contribution in [-0.2, 0) is 6.42 Å². The molecule has 1 aromatic heterocycles. The highest BCUT2D eigenvalue weighted by Crippen LogP contribution is 2.42. The predicted octanol–water partition coefficient (Wildman–Crippen LogP) is 3.90. The van der Waals surface area contributed by atoms with Crippen molar-refractivity contribution in [3.63, 3.8) is 0 Å². The van der Waals surface area contributed by atoms with E-state index >= 15 is 0 Å². The van der Waals surface area contributed by atoms with E-state index in [1.807, 2.05) is 13.0 Å². The lowest BCUT2D eigenvalue weighted by Crippen LogP contribution is -2.02. The first kappa shape index (κ1) is 14.7. The van der Waals surface area contributed by atoms with Crippen LogP contribution in [0.2, 0.25) is 5.02 Å². The quantitative estimate of drug-likeness (QED) is 0.908. The number of aromatic nitrogens is 1. The maximum absolute atomic E-state index is 6.45. The molecular formula is C15H19ClN2O2. The summed E-state index contributed by atoms with van der Waals surface area (Å²) in [6.45, 7) is 4.92. The number of hydrogen-bond donors (Lipinski definition) is 1. The van der Waals surface area contributed by atoms with Gasteiger partial charge in [0.2, 0.25) is 0 Å². The first-order valence-corrected chi connectivity index (χ1v) is 7.01. The number of nitrogens with one attached hydrogen (secondary N) is 1. The third-order valence-corrected chi connectivity index (χ3v) is 3.55. The van der Waals surface area contributed by atoms with Crippen LogP contribution in [0.3, 0.4) is 0 Å². The summed E-state index contributed by atoms with van der Waals surface area (Å²) < 4.78 is 10.7. The van der Waals surface area contributed by atoms with E-state index in [-0.39, 0.29) is 0 Å². The van der Waals surface area contributed by atoms with E-state index in [9.17, 15) is 0 Å². The Hall–Kier alpha value is -1.68. The van der Waals surface area contributed by atoms with Crippen LogP contribution in [0.25, 0.3) is 10.9 Å². The van der Waals surface area contributed by atoms with Gasteiger partial charge in [-0.05, 0) is 19.4 Å². The molecule has 5 heteroatoms. The molecule has 0 radical (unpaired) electrons. The van der Waals surface area contributed by atoms with E-state index in [0.717, 1.165) is 35.2 Å². The molecule has 0 aliphatic heterocycles. The third-order valence-electron chi connectivity index (χ3n) is 3.17. The van der Waals surface area contributed by atoms with Crippen LogP contribution in [0.15, 0.2) is 12.1 Å². The summed E-state index contributed by atoms with van der Waals surface area (Å²) in [4.78, 5) is 4.64. The molecule has 0 bridgehead atoms. The molecule has 20 heavy (non-hydrogen) atoms. The minimum atomic E-state index is 0.550. The Kier molecular flexibility index (Phi) is 4.55. The Balaban J connectivity index is 2.86. The summed E-state index contributed by atoms with van der Waals surface area (Å²) in [7, 11) is 3.21. The SMILES string of the molecule is CCNc1cc(CC)nc2c(OC)cc(OC)c(Cl)c12. The Morgan fingerprint density at radius 3 is 2.40 bits per heavy atom. The van der Waals surface area contributed by atoms with Crippen molar-refractivity contribution in [2.75, 3.05) is 26.1 Å². The molecule has 0 spiro atoms. The lowest BCUT2D eigenvalue weighted by Gasteiger charge is -2.15. The molecule has 2 rings (SSSR count). The van der Waals surface area contributed by atoms with Crippen LogP contribution in [0, 0.1) is 0 Å². The number of methoxy groups -OCH3 is 2. The van der Waals surface area contributed by atoms with Crippen LogP contribution in [-0.4, -0.2) is 25.7 Å². The van der Waals surface area contributed by atoms with Crippen LogP contribution >= 0.6 is 11.6 Å². The van der Waals surface area contributed by atoms with E-state index in [1.54, 1.807) is 20.3 Å². The fourth-order valence-electron chi connectivity index (χ4n) is 2.19. The monoisotopic (exact) mass is 294 g/mol. The van der Waals surface area contributed by atoms with Crippen molar-refractivity contribution >= 4 is 28.2 Å². The zero-order chi connectivity index (χ0) is 14.7. The van der Waals surface area contributed by atoms with Gasteiger partial charge in [-0.3, -0.25) is 0 Å². The zero-order valence-corrected chi connectivity index (χ0v) is 13.0. The van der Waals surface area contributed by atoms with Crippen LogP contribution in [0.4, 0.5) is 5.69 Å². The van der Waals surface area contributed by atoms with E-state index in [4.69, 9.17) is 21.1 Å². The molecular weight excluding hydrogens is 276 g/mol. The Morgan fingerprint density at radius 1 is 1.15 bits per heavy atom. The zero-order valence-electron chi connectivity index (χ0n) is 12.2. The molecule has 1 N–H and O–H groups in total. The number of hydrogen-bond acceptors (Lipinski definition) is 4. The number of aryl methyl sites for hydroxylation is 1. The highest BCUT2D eigenvalue weighted by molar-refractivity contribution is 6.38. The lowest BCUT2D eigenvalue weighted by atomic mass is 10.1. The number of rotatable bonds is 5. The minimum Gasteiger partial charge on any atom is -0.495 e. The fraction of sp³-hybridized carbons (Fsp3) is 0.400. The first-order chi connectivity index (χ1) is 9.65. The summed E-state index contributed by atoms with van der Waals surface area (Å²) in [5.74, 6) is 1.25. The molecule has 0 aliphatic carbocycles. The topological polar surface area (TPSA) is 43.4 Å². The molecule has 4 nitrogen and oxygen atoms in total. The minimum absolute atomic E-state index is 0.550. The largest absolute Gasteiger partial charge is 0.495 e. The van der Waals surface area contributed by atoms with Crippen molar-refractivity contribution in [1.29, 1.82) is 0 Å². The third kappa shape index (κ3) is 2.48. The first-order valence-electron chi connectivity index (χ1n) is 6.64. The number of ether oxygens (including phenoxy) is 2. The summed E-state index contributed by atoms with van der Waals surface area (Å²) in [5.41, 5.74) is 2.71. The van der Waals surface area contributed by atoms with Crippen molar-refractivity contribution in [2.45, 2.75) is 20.3 Å². The second-order valence-corrected chi connectivity index (χ2v) is 4.74. The molecule has 0 saturated carbocycles. The normalized spacial score (nSPS) is 10.7. The van der Waals surface area contributed by atoms with Crippen LogP contribution in [0.1, 0.15) is 19.5 Å². The van der Waals surface area contributed by atoms with Gasteiger partial charge in [0.15, 0.2) is 0 Å². The fourth-order valence-corrected chi connectivity index (χ4v) is 2.51. The van der Waals surface area contributed by atoms with Gasteiger partial charge in [0, 0.05) is 29.4 Å². The van der Waals surface area contributed by atoms with Gasteiger partial charge in [-0.2, -0.15) is 0 Å². The van der Waals surface area contributed by atoms with Gasteiger partial charge >= 0.3 is 0 Å². The van der Waals surface area contributed by atoms with Crippen molar-refractivity contribution < 1.29 is 9.47 Å². The molecule has 0 amide bonds. The molecule has 0 aliphatic rings. The van der Waals surface area contributed by atoms with E-state index < -0.39 is 0 Å². The van der Waals surface area contributed by atoms with Gasteiger partial charge < -0.3 is 14.8 Å². The van der Waals surface area contributed by atoms with E-state index in [0.29, 0.717) is 16.5 Å². The Bertz CT molecular complexity index is 629. The number of pyridine rings is 1. The number of halogens is 1. The van der Waals surface area contributed by atoms with Crippen LogP contribution in [0.5, 0.6) is 11.5 Å². The second kappa shape index (κ2) is 6.18. The molecule has 1 heterocycles. The van der Waals surface area contributed by atoms with Crippen molar-refractivity contribution in [2.24, 2.45) is 0 Å². The standard InChI is InChI=1S/C15H19ClN2O2/c1-5-9-7-10(17-6-2)13-14(16)11(19-3)8-12(20-4)15(13)18-9/h7-8H,5-6H2,1-4H3,(H,17,18). The smallest absolute Gasteiger partial charge is 0.148 e. The summed E-state index contributed by atoms with van der Waals surface area (Å²) in [6.07, 6.45) is 0.848. The molecule has 0 saturated heterocycles. The van der Waals surface area contributed by atoms with Gasteiger partial charge in [0.25, 0.3) is 0 Å². The maximum atomic E-state index is 6.45. The average molecular weight is 295 g/mol. The van der Waals surface area contributed by atoms with Crippen molar-refractivity contribution in [3.05, 3.63) is 22.8 Å². The molecule has 2 aromatic rings. The molecule has 108 valence electrons. The number of anilines is 1. The number of nitrogens with zero attached hydrogens (tertiary/aromatic N) is 1. The maximum Gasteiger partial charge on any atom is 0.148 e. The summed E-state index contributed by atoms with van der Waals surface area (Å²) >= 11 is 6.45. The number of benzene rings is 1. The lowest BCUT2D eigenvalue weighted by molar-refractivity contribution is 0.397. The van der Waals surface area contributed by atoms with Gasteiger partial charge in [-0.25, -0.2) is 4.98 Å². The average Bonchev–Trinajstić information content (AvgIpc) is 2.47. The van der Waals surface area contributed by atoms with Gasteiger partial charge in [-0.15, -0.1) is 0 Å². The van der Waals surface area contributed by atoms with Crippen molar-refractivity contribution in [1.82, 2.24) is 4.98 Å². The van der Waals surface area contributed by atoms with E-state index in [2.05, 4.69) is 17.2 Å². The molecule has 0 fully saturated rings. The van der Waals surface area contributed by atoms with Crippen LogP contribution < -0.4 is 14.8 Å². The van der Waals surface area contributed by atoms with E-state index in [1.165, 1.54) is 0 Å². The second-order valence-electron chi connectivity index (χ2n) is 4.36. The van der Waals surface area contributed by atoms with Gasteiger partial charge in [-0.1, -0.05) is 18.5 Å². The van der Waals surface area contributed by atoms with Gasteiger partial charge in [0.1, 0.15) is 17.0 Å².